The first-order valence-corrected chi connectivity index (χ1v) is 7.42. The Hall–Kier alpha value is -1.87. The summed E-state index contributed by atoms with van der Waals surface area (Å²) in [7, 11) is 3.21. The van der Waals surface area contributed by atoms with Gasteiger partial charge in [-0.3, -0.25) is 0 Å². The fraction of sp³-hybridized carbons (Fsp3) is 0.333. The zero-order valence-corrected chi connectivity index (χ0v) is 14.3. The lowest BCUT2D eigenvalue weighted by molar-refractivity contribution is 0.386. The predicted molar refractivity (Wildman–Crippen MR) is 89.8 cm³/mol. The molecule has 2 aromatic carbocycles. The second-order valence-corrected chi connectivity index (χ2v) is 6.45. The van der Waals surface area contributed by atoms with Gasteiger partial charge in [0.15, 0.2) is 0 Å². The van der Waals surface area contributed by atoms with Crippen LogP contribution in [0.4, 0.5) is 0 Å². The fourth-order valence-corrected chi connectivity index (χ4v) is 2.60. The van der Waals surface area contributed by atoms with Crippen LogP contribution in [0.1, 0.15) is 26.3 Å². The minimum atomic E-state index is -0.00516. The molecule has 0 spiro atoms. The van der Waals surface area contributed by atoms with Gasteiger partial charge in [-0.1, -0.05) is 38.4 Å². The first-order valence-electron chi connectivity index (χ1n) is 7.04. The molecular weight excluding hydrogens is 300 g/mol. The third-order valence-electron chi connectivity index (χ3n) is 3.31. The van der Waals surface area contributed by atoms with E-state index in [-0.39, 0.29) is 5.41 Å². The Morgan fingerprint density at radius 2 is 1.32 bits per heavy atom. The highest BCUT2D eigenvalue weighted by atomic mass is 35.5. The maximum absolute atomic E-state index is 6.37. The number of hydrogen-bond donors (Lipinski definition) is 0. The molecule has 0 aromatic heterocycles. The monoisotopic (exact) mass is 320 g/mol. The third-order valence-corrected chi connectivity index (χ3v) is 3.62. The molecule has 0 aliphatic carbocycles. The van der Waals surface area contributed by atoms with Crippen molar-refractivity contribution >= 4 is 11.6 Å². The Morgan fingerprint density at radius 1 is 0.773 bits per heavy atom. The van der Waals surface area contributed by atoms with E-state index >= 15 is 0 Å². The molecule has 2 aromatic rings. The Morgan fingerprint density at radius 3 is 1.77 bits per heavy atom. The molecule has 0 atom stereocenters. The van der Waals surface area contributed by atoms with Crippen LogP contribution in [0.5, 0.6) is 23.0 Å². The molecule has 0 N–H and O–H groups in total. The Balaban J connectivity index is 2.30. The third kappa shape index (κ3) is 3.86. The first kappa shape index (κ1) is 16.5. The highest BCUT2D eigenvalue weighted by Gasteiger charge is 2.17. The standard InChI is InChI=1S/C18H21ClO3/c1-18(2,3)16-7-6-12(11-17(16)19)22-15-9-13(20-4)8-14(10-15)21-5/h6-11H,1-5H3. The van der Waals surface area contributed by atoms with Crippen LogP contribution in [-0.2, 0) is 5.41 Å². The summed E-state index contributed by atoms with van der Waals surface area (Å²) < 4.78 is 16.3. The van der Waals surface area contributed by atoms with E-state index in [0.29, 0.717) is 28.0 Å². The number of ether oxygens (including phenoxy) is 3. The molecule has 2 rings (SSSR count). The van der Waals surface area contributed by atoms with Gasteiger partial charge in [0.05, 0.1) is 14.2 Å². The lowest BCUT2D eigenvalue weighted by atomic mass is 9.87. The first-order chi connectivity index (χ1) is 10.3. The molecule has 22 heavy (non-hydrogen) atoms. The fourth-order valence-electron chi connectivity index (χ4n) is 2.14. The number of halogens is 1. The van der Waals surface area contributed by atoms with Crippen molar-refractivity contribution in [3.63, 3.8) is 0 Å². The Bertz CT molecular complexity index is 638. The molecule has 0 bridgehead atoms. The quantitative estimate of drug-likeness (QED) is 0.750. The van der Waals surface area contributed by atoms with E-state index in [9.17, 15) is 0 Å². The van der Waals surface area contributed by atoms with Gasteiger partial charge in [0, 0.05) is 23.2 Å². The van der Waals surface area contributed by atoms with Crippen molar-refractivity contribution in [3.05, 3.63) is 47.0 Å². The van der Waals surface area contributed by atoms with Gasteiger partial charge in [-0.2, -0.15) is 0 Å². The van der Waals surface area contributed by atoms with Crippen molar-refractivity contribution in [2.24, 2.45) is 0 Å². The molecule has 118 valence electrons. The average Bonchev–Trinajstić information content (AvgIpc) is 2.45. The van der Waals surface area contributed by atoms with Gasteiger partial charge < -0.3 is 14.2 Å². The molecule has 0 amide bonds. The number of methoxy groups -OCH3 is 2. The van der Waals surface area contributed by atoms with Crippen LogP contribution in [-0.4, -0.2) is 14.2 Å². The predicted octanol–water partition coefficient (Wildman–Crippen LogP) is 5.45. The minimum absolute atomic E-state index is 0.00516. The van der Waals surface area contributed by atoms with Crippen molar-refractivity contribution < 1.29 is 14.2 Å². The van der Waals surface area contributed by atoms with Crippen LogP contribution in [0.15, 0.2) is 36.4 Å². The van der Waals surface area contributed by atoms with Gasteiger partial charge in [-0.25, -0.2) is 0 Å². The van der Waals surface area contributed by atoms with E-state index in [0.717, 1.165) is 5.56 Å². The van der Waals surface area contributed by atoms with Crippen LogP contribution in [0.3, 0.4) is 0 Å². The molecule has 0 aliphatic rings. The summed E-state index contributed by atoms with van der Waals surface area (Å²) >= 11 is 6.37. The molecule has 3 nitrogen and oxygen atoms in total. The minimum Gasteiger partial charge on any atom is -0.496 e. The van der Waals surface area contributed by atoms with Crippen LogP contribution < -0.4 is 14.2 Å². The lowest BCUT2D eigenvalue weighted by Crippen LogP contribution is -2.11. The summed E-state index contributed by atoms with van der Waals surface area (Å²) in [5.41, 5.74) is 1.08. The van der Waals surface area contributed by atoms with E-state index in [1.54, 1.807) is 32.4 Å². The van der Waals surface area contributed by atoms with Crippen molar-refractivity contribution in [1.82, 2.24) is 0 Å². The molecule has 0 radical (unpaired) electrons. The zero-order valence-electron chi connectivity index (χ0n) is 13.6. The second-order valence-electron chi connectivity index (χ2n) is 6.04. The molecule has 0 heterocycles. The summed E-state index contributed by atoms with van der Waals surface area (Å²) in [6.45, 7) is 6.38. The molecule has 0 saturated carbocycles. The average molecular weight is 321 g/mol. The maximum atomic E-state index is 6.37. The van der Waals surface area contributed by atoms with E-state index < -0.39 is 0 Å². The van der Waals surface area contributed by atoms with Gasteiger partial charge in [0.25, 0.3) is 0 Å². The SMILES string of the molecule is COc1cc(OC)cc(Oc2ccc(C(C)(C)C)c(Cl)c2)c1. The molecule has 0 unspecified atom stereocenters. The second kappa shape index (κ2) is 6.49. The summed E-state index contributed by atoms with van der Waals surface area (Å²) in [5, 5.41) is 0.694. The Kier molecular flexibility index (Phi) is 4.87. The van der Waals surface area contributed by atoms with E-state index in [2.05, 4.69) is 20.8 Å². The van der Waals surface area contributed by atoms with Gasteiger partial charge in [-0.15, -0.1) is 0 Å². The highest BCUT2D eigenvalue weighted by molar-refractivity contribution is 6.31. The number of benzene rings is 2. The normalized spacial score (nSPS) is 11.2. The molecular formula is C18H21ClO3. The van der Waals surface area contributed by atoms with Gasteiger partial charge >= 0.3 is 0 Å². The lowest BCUT2D eigenvalue weighted by Gasteiger charge is -2.21. The largest absolute Gasteiger partial charge is 0.496 e. The summed E-state index contributed by atoms with van der Waals surface area (Å²) in [6.07, 6.45) is 0. The topological polar surface area (TPSA) is 27.7 Å². The molecule has 4 heteroatoms. The van der Waals surface area contributed by atoms with Crippen molar-refractivity contribution in [2.75, 3.05) is 14.2 Å². The van der Waals surface area contributed by atoms with Crippen molar-refractivity contribution in [3.8, 4) is 23.0 Å². The number of hydrogen-bond acceptors (Lipinski definition) is 3. The van der Waals surface area contributed by atoms with E-state index in [4.69, 9.17) is 25.8 Å². The van der Waals surface area contributed by atoms with Gasteiger partial charge in [0.1, 0.15) is 23.0 Å². The van der Waals surface area contributed by atoms with Crippen LogP contribution in [0, 0.1) is 0 Å². The molecule has 0 saturated heterocycles. The molecule has 0 fully saturated rings. The van der Waals surface area contributed by atoms with Gasteiger partial charge in [0.2, 0.25) is 0 Å². The zero-order chi connectivity index (χ0) is 16.3. The maximum Gasteiger partial charge on any atom is 0.134 e. The summed E-state index contributed by atoms with van der Waals surface area (Å²) in [6, 6.07) is 11.1. The smallest absolute Gasteiger partial charge is 0.134 e. The van der Waals surface area contributed by atoms with Crippen molar-refractivity contribution in [2.45, 2.75) is 26.2 Å². The van der Waals surface area contributed by atoms with E-state index in [1.165, 1.54) is 0 Å². The van der Waals surface area contributed by atoms with Crippen molar-refractivity contribution in [1.29, 1.82) is 0 Å². The van der Waals surface area contributed by atoms with Crippen LogP contribution >= 0.6 is 11.6 Å². The molecule has 0 aliphatic heterocycles. The van der Waals surface area contributed by atoms with Crippen LogP contribution in [0.2, 0.25) is 5.02 Å². The highest BCUT2D eigenvalue weighted by Crippen LogP contribution is 2.35. The van der Waals surface area contributed by atoms with E-state index in [1.807, 2.05) is 18.2 Å². The summed E-state index contributed by atoms with van der Waals surface area (Å²) in [5.74, 6) is 2.66. The summed E-state index contributed by atoms with van der Waals surface area (Å²) in [4.78, 5) is 0. The Labute approximate surface area is 136 Å². The van der Waals surface area contributed by atoms with Gasteiger partial charge in [-0.05, 0) is 23.1 Å². The number of rotatable bonds is 4. The van der Waals surface area contributed by atoms with Crippen LogP contribution in [0.25, 0.3) is 0 Å².